The third kappa shape index (κ3) is 2.79. The molecular formula is C19H24N4O2. The Kier molecular flexibility index (Phi) is 4.19. The maximum atomic E-state index is 12.8. The molecule has 4 rings (SSSR count). The first-order valence-electron chi connectivity index (χ1n) is 9.10. The lowest BCUT2D eigenvalue weighted by molar-refractivity contribution is -0.0792. The predicted molar refractivity (Wildman–Crippen MR) is 92.9 cm³/mol. The van der Waals surface area contributed by atoms with Crippen LogP contribution in [0.15, 0.2) is 34.9 Å². The number of fused-ring (bicyclic) bond motifs is 1. The van der Waals surface area contributed by atoms with Crippen LogP contribution in [0, 0.1) is 12.8 Å². The Hall–Kier alpha value is -2.37. The molecule has 2 heterocycles. The van der Waals surface area contributed by atoms with Gasteiger partial charge in [0.15, 0.2) is 5.82 Å². The zero-order valence-electron chi connectivity index (χ0n) is 14.6. The van der Waals surface area contributed by atoms with E-state index in [1.807, 2.05) is 11.0 Å². The molecule has 6 heteroatoms. The average molecular weight is 340 g/mol. The van der Waals surface area contributed by atoms with E-state index in [4.69, 9.17) is 4.52 Å². The molecule has 132 valence electrons. The lowest BCUT2D eigenvalue weighted by atomic mass is 9.62. The van der Waals surface area contributed by atoms with E-state index in [-0.39, 0.29) is 11.6 Å². The van der Waals surface area contributed by atoms with Crippen molar-refractivity contribution in [3.8, 4) is 0 Å². The molecule has 1 aromatic heterocycles. The van der Waals surface area contributed by atoms with Crippen LogP contribution in [-0.2, 0) is 12.0 Å². The molecule has 2 amide bonds. The third-order valence-corrected chi connectivity index (χ3v) is 5.62. The second-order valence-electron chi connectivity index (χ2n) is 7.06. The van der Waals surface area contributed by atoms with Gasteiger partial charge < -0.3 is 14.7 Å². The average Bonchev–Trinajstić information content (AvgIpc) is 3.02. The number of hydrogen-bond acceptors (Lipinski definition) is 4. The lowest BCUT2D eigenvalue weighted by Gasteiger charge is -2.61. The van der Waals surface area contributed by atoms with Crippen LogP contribution in [0.4, 0.5) is 4.79 Å². The molecule has 0 unspecified atom stereocenters. The van der Waals surface area contributed by atoms with Crippen molar-refractivity contribution < 1.29 is 9.32 Å². The van der Waals surface area contributed by atoms with Crippen LogP contribution in [0.25, 0.3) is 0 Å². The Bertz CT molecular complexity index is 745. The van der Waals surface area contributed by atoms with Crippen LogP contribution in [0.1, 0.15) is 43.0 Å². The quantitative estimate of drug-likeness (QED) is 0.929. The van der Waals surface area contributed by atoms with E-state index in [2.05, 4.69) is 39.7 Å². The molecule has 2 fully saturated rings. The predicted octanol–water partition coefficient (Wildman–Crippen LogP) is 3.03. The zero-order chi connectivity index (χ0) is 17.3. The van der Waals surface area contributed by atoms with E-state index >= 15 is 0 Å². The summed E-state index contributed by atoms with van der Waals surface area (Å²) in [5, 5.41) is 6.80. The topological polar surface area (TPSA) is 71.3 Å². The van der Waals surface area contributed by atoms with Gasteiger partial charge in [-0.25, -0.2) is 4.79 Å². The summed E-state index contributed by atoms with van der Waals surface area (Å²) in [6, 6.07) is 10.5. The molecule has 1 saturated heterocycles. The van der Waals surface area contributed by atoms with Gasteiger partial charge in [-0.05, 0) is 25.3 Å². The van der Waals surface area contributed by atoms with E-state index < -0.39 is 0 Å². The van der Waals surface area contributed by atoms with E-state index in [9.17, 15) is 4.79 Å². The normalized spacial score (nSPS) is 25.2. The Labute approximate surface area is 147 Å². The molecule has 1 aliphatic heterocycles. The van der Waals surface area contributed by atoms with Crippen LogP contribution >= 0.6 is 0 Å². The van der Waals surface area contributed by atoms with Crippen LogP contribution in [0.3, 0.4) is 0 Å². The van der Waals surface area contributed by atoms with Gasteiger partial charge in [0.25, 0.3) is 0 Å². The SMILES string of the molecule is Cc1noc(CCNC(=O)N2C[C@H]3CCCC[C@]32c2ccccc2)n1. The first kappa shape index (κ1) is 16.1. The van der Waals surface area contributed by atoms with Gasteiger partial charge in [-0.2, -0.15) is 4.98 Å². The van der Waals surface area contributed by atoms with E-state index in [0.29, 0.717) is 30.6 Å². The van der Waals surface area contributed by atoms with E-state index in [1.54, 1.807) is 6.92 Å². The van der Waals surface area contributed by atoms with Crippen molar-refractivity contribution in [2.24, 2.45) is 5.92 Å². The molecule has 1 N–H and O–H groups in total. The monoisotopic (exact) mass is 340 g/mol. The highest BCUT2D eigenvalue weighted by Gasteiger charge is 2.56. The van der Waals surface area contributed by atoms with Gasteiger partial charge in [-0.1, -0.05) is 48.3 Å². The van der Waals surface area contributed by atoms with Gasteiger partial charge in [0.2, 0.25) is 5.89 Å². The molecule has 1 aliphatic carbocycles. The summed E-state index contributed by atoms with van der Waals surface area (Å²) < 4.78 is 5.10. The summed E-state index contributed by atoms with van der Waals surface area (Å²) in [5.41, 5.74) is 1.15. The molecule has 0 bridgehead atoms. The number of rotatable bonds is 4. The number of aryl methyl sites for hydroxylation is 1. The standard InChI is InChI=1S/C19H24N4O2/c1-14-21-17(25-22-14)10-12-20-18(24)23-13-16-9-5-6-11-19(16,23)15-7-3-2-4-8-15/h2-4,7-8,16H,5-6,9-13H2,1H3,(H,20,24)/t16-,19+/m1/s1. The highest BCUT2D eigenvalue weighted by atomic mass is 16.5. The van der Waals surface area contributed by atoms with E-state index in [0.717, 1.165) is 13.0 Å². The van der Waals surface area contributed by atoms with Crippen molar-refractivity contribution in [1.82, 2.24) is 20.4 Å². The minimum atomic E-state index is -0.120. The van der Waals surface area contributed by atoms with Crippen LogP contribution < -0.4 is 5.32 Å². The summed E-state index contributed by atoms with van der Waals surface area (Å²) in [4.78, 5) is 19.0. The Morgan fingerprint density at radius 1 is 1.36 bits per heavy atom. The molecule has 6 nitrogen and oxygen atoms in total. The van der Waals surface area contributed by atoms with Gasteiger partial charge in [-0.15, -0.1) is 0 Å². The molecule has 0 spiro atoms. The van der Waals surface area contributed by atoms with Gasteiger partial charge in [0.05, 0.1) is 5.54 Å². The molecule has 1 aromatic carbocycles. The number of urea groups is 1. The summed E-state index contributed by atoms with van der Waals surface area (Å²) in [6.45, 7) is 3.14. The maximum Gasteiger partial charge on any atom is 0.318 e. The number of nitrogens with zero attached hydrogens (tertiary/aromatic N) is 3. The number of aromatic nitrogens is 2. The van der Waals surface area contributed by atoms with Gasteiger partial charge in [0, 0.05) is 25.4 Å². The third-order valence-electron chi connectivity index (χ3n) is 5.62. The lowest BCUT2D eigenvalue weighted by Crippen LogP contribution is -2.69. The van der Waals surface area contributed by atoms with Crippen molar-refractivity contribution in [3.63, 3.8) is 0 Å². The molecule has 2 aliphatic rings. The van der Waals surface area contributed by atoms with Crippen molar-refractivity contribution in [3.05, 3.63) is 47.6 Å². The Balaban J connectivity index is 1.44. The van der Waals surface area contributed by atoms with Crippen molar-refractivity contribution in [2.45, 2.75) is 44.6 Å². The van der Waals surface area contributed by atoms with Crippen LogP contribution in [0.5, 0.6) is 0 Å². The Morgan fingerprint density at radius 3 is 2.92 bits per heavy atom. The first-order valence-corrected chi connectivity index (χ1v) is 9.10. The van der Waals surface area contributed by atoms with Crippen LogP contribution in [0.2, 0.25) is 0 Å². The minimum absolute atomic E-state index is 0.0123. The second kappa shape index (κ2) is 6.50. The smallest absolute Gasteiger partial charge is 0.318 e. The zero-order valence-corrected chi connectivity index (χ0v) is 14.6. The van der Waals surface area contributed by atoms with Gasteiger partial charge >= 0.3 is 6.03 Å². The second-order valence-corrected chi connectivity index (χ2v) is 7.06. The van der Waals surface area contributed by atoms with Crippen LogP contribution in [-0.4, -0.2) is 34.2 Å². The summed E-state index contributed by atoms with van der Waals surface area (Å²) >= 11 is 0. The largest absolute Gasteiger partial charge is 0.339 e. The number of benzene rings is 1. The number of amides is 2. The first-order chi connectivity index (χ1) is 12.2. The summed E-state index contributed by atoms with van der Waals surface area (Å²) in [5.74, 6) is 1.76. The van der Waals surface area contributed by atoms with Gasteiger partial charge in [0.1, 0.15) is 0 Å². The molecule has 25 heavy (non-hydrogen) atoms. The fourth-order valence-corrected chi connectivity index (χ4v) is 4.44. The number of hydrogen-bond donors (Lipinski definition) is 1. The summed E-state index contributed by atoms with van der Waals surface area (Å²) in [6.07, 6.45) is 5.27. The molecule has 2 aromatic rings. The highest BCUT2D eigenvalue weighted by molar-refractivity contribution is 5.77. The van der Waals surface area contributed by atoms with E-state index in [1.165, 1.54) is 24.8 Å². The van der Waals surface area contributed by atoms with Crippen molar-refractivity contribution >= 4 is 6.03 Å². The Morgan fingerprint density at radius 2 is 2.20 bits per heavy atom. The number of carbonyl (C=O) groups excluding carboxylic acids is 1. The fourth-order valence-electron chi connectivity index (χ4n) is 4.44. The number of likely N-dealkylation sites (tertiary alicyclic amines) is 1. The molecule has 2 atom stereocenters. The minimum Gasteiger partial charge on any atom is -0.339 e. The maximum absolute atomic E-state index is 12.8. The van der Waals surface area contributed by atoms with Crippen molar-refractivity contribution in [2.75, 3.05) is 13.1 Å². The number of nitrogens with one attached hydrogen (secondary N) is 1. The summed E-state index contributed by atoms with van der Waals surface area (Å²) in [7, 11) is 0. The molecular weight excluding hydrogens is 316 g/mol. The fraction of sp³-hybridized carbons (Fsp3) is 0.526. The highest BCUT2D eigenvalue weighted by Crippen LogP contribution is 2.53. The van der Waals surface area contributed by atoms with Crippen molar-refractivity contribution in [1.29, 1.82) is 0 Å². The number of carbonyl (C=O) groups is 1. The molecule has 1 saturated carbocycles. The molecule has 0 radical (unpaired) electrons. The van der Waals surface area contributed by atoms with Gasteiger partial charge in [-0.3, -0.25) is 0 Å².